The minimum atomic E-state index is -0.396. The lowest BCUT2D eigenvalue weighted by Gasteiger charge is -2.35. The van der Waals surface area contributed by atoms with E-state index in [1.807, 2.05) is 42.5 Å². The van der Waals surface area contributed by atoms with Crippen molar-refractivity contribution in [3.8, 4) is 0 Å². The number of benzene rings is 4. The second-order valence-corrected chi connectivity index (χ2v) is 7.86. The highest BCUT2D eigenvalue weighted by Gasteiger charge is 2.37. The van der Waals surface area contributed by atoms with Gasteiger partial charge in [-0.05, 0) is 28.8 Å². The summed E-state index contributed by atoms with van der Waals surface area (Å²) in [6.07, 6.45) is 0.882. The van der Waals surface area contributed by atoms with Crippen LogP contribution in [0.5, 0.6) is 0 Å². The van der Waals surface area contributed by atoms with E-state index < -0.39 is 4.75 Å². The van der Waals surface area contributed by atoms with Crippen molar-refractivity contribution in [1.29, 1.82) is 0 Å². The predicted octanol–water partition coefficient (Wildman–Crippen LogP) is 6.58. The molecule has 0 bridgehead atoms. The van der Waals surface area contributed by atoms with Gasteiger partial charge in [-0.1, -0.05) is 103 Å². The number of hydrogen-bond acceptors (Lipinski definition) is 2. The van der Waals surface area contributed by atoms with E-state index in [2.05, 4.69) is 72.8 Å². The van der Waals surface area contributed by atoms with E-state index in [1.165, 1.54) is 16.7 Å². The molecule has 2 heteroatoms. The van der Waals surface area contributed by atoms with Crippen LogP contribution in [0, 0.1) is 0 Å². The fourth-order valence-corrected chi connectivity index (χ4v) is 4.87. The van der Waals surface area contributed by atoms with Crippen LogP contribution in [0.15, 0.2) is 120 Å². The molecule has 0 saturated heterocycles. The van der Waals surface area contributed by atoms with E-state index in [9.17, 15) is 4.79 Å². The fourth-order valence-electron chi connectivity index (χ4n) is 3.49. The maximum atomic E-state index is 11.1. The molecule has 28 heavy (non-hydrogen) atoms. The second-order valence-electron chi connectivity index (χ2n) is 6.57. The van der Waals surface area contributed by atoms with E-state index in [4.69, 9.17) is 0 Å². The van der Waals surface area contributed by atoms with E-state index in [0.717, 1.165) is 11.2 Å². The van der Waals surface area contributed by atoms with Gasteiger partial charge in [0.25, 0.3) is 0 Å². The number of carbonyl (C=O) groups is 1. The second kappa shape index (κ2) is 8.28. The zero-order chi connectivity index (χ0) is 19.2. The Kier molecular flexibility index (Phi) is 5.41. The van der Waals surface area contributed by atoms with E-state index in [0.29, 0.717) is 5.56 Å². The largest absolute Gasteiger partial charge is 0.298 e. The van der Waals surface area contributed by atoms with Crippen molar-refractivity contribution in [3.05, 3.63) is 138 Å². The highest BCUT2D eigenvalue weighted by molar-refractivity contribution is 8.00. The summed E-state index contributed by atoms with van der Waals surface area (Å²) in [4.78, 5) is 12.2. The molecular weight excluding hydrogens is 360 g/mol. The summed E-state index contributed by atoms with van der Waals surface area (Å²) in [6, 6.07) is 39.6. The third-order valence-electron chi connectivity index (χ3n) is 4.83. The summed E-state index contributed by atoms with van der Waals surface area (Å²) in [5.41, 5.74) is 4.35. The summed E-state index contributed by atoms with van der Waals surface area (Å²) in [6.45, 7) is 0. The van der Waals surface area contributed by atoms with Crippen LogP contribution in [0.1, 0.15) is 27.0 Å². The zero-order valence-corrected chi connectivity index (χ0v) is 16.2. The van der Waals surface area contributed by atoms with Crippen LogP contribution >= 0.6 is 11.8 Å². The molecule has 0 aliphatic carbocycles. The van der Waals surface area contributed by atoms with Gasteiger partial charge in [-0.2, -0.15) is 0 Å². The molecular formula is C26H20OS. The molecule has 136 valence electrons. The van der Waals surface area contributed by atoms with Gasteiger partial charge in [0.15, 0.2) is 0 Å². The van der Waals surface area contributed by atoms with Gasteiger partial charge in [-0.3, -0.25) is 4.79 Å². The Balaban J connectivity index is 1.96. The summed E-state index contributed by atoms with van der Waals surface area (Å²) in [7, 11) is 0. The molecule has 0 atom stereocenters. The van der Waals surface area contributed by atoms with Crippen molar-refractivity contribution in [2.45, 2.75) is 9.64 Å². The monoisotopic (exact) mass is 380 g/mol. The molecule has 0 fully saturated rings. The first-order chi connectivity index (χ1) is 13.8. The highest BCUT2D eigenvalue weighted by Crippen LogP contribution is 2.51. The minimum Gasteiger partial charge on any atom is -0.298 e. The number of hydrogen-bond donors (Lipinski definition) is 0. The summed E-state index contributed by atoms with van der Waals surface area (Å²) in [5, 5.41) is 0. The first kappa shape index (κ1) is 18.3. The van der Waals surface area contributed by atoms with Crippen LogP contribution in [-0.4, -0.2) is 6.29 Å². The van der Waals surface area contributed by atoms with Gasteiger partial charge in [0.05, 0.1) is 4.75 Å². The molecule has 0 radical (unpaired) electrons. The number of carbonyl (C=O) groups excluding carboxylic acids is 1. The molecule has 4 aromatic carbocycles. The summed E-state index contributed by atoms with van der Waals surface area (Å²) in [5.74, 6) is 0. The maximum absolute atomic E-state index is 11.1. The van der Waals surface area contributed by atoms with Crippen LogP contribution in [0.2, 0.25) is 0 Å². The van der Waals surface area contributed by atoms with Gasteiger partial charge in [0, 0.05) is 10.5 Å². The van der Waals surface area contributed by atoms with Gasteiger partial charge >= 0.3 is 0 Å². The average molecular weight is 381 g/mol. The van der Waals surface area contributed by atoms with Gasteiger partial charge in [0.1, 0.15) is 6.29 Å². The molecule has 0 aromatic heterocycles. The Morgan fingerprint density at radius 2 is 0.929 bits per heavy atom. The van der Waals surface area contributed by atoms with Gasteiger partial charge in [-0.15, -0.1) is 11.8 Å². The molecule has 0 N–H and O–H groups in total. The molecule has 0 aliphatic rings. The number of thioether (sulfide) groups is 1. The van der Waals surface area contributed by atoms with Crippen LogP contribution in [0.4, 0.5) is 0 Å². The third-order valence-corrected chi connectivity index (χ3v) is 6.35. The van der Waals surface area contributed by atoms with Gasteiger partial charge < -0.3 is 0 Å². The van der Waals surface area contributed by atoms with E-state index in [1.54, 1.807) is 11.8 Å². The van der Waals surface area contributed by atoms with Gasteiger partial charge in [0.2, 0.25) is 0 Å². The Hall–Kier alpha value is -3.10. The lowest BCUT2D eigenvalue weighted by atomic mass is 9.84. The number of rotatable bonds is 6. The molecule has 0 heterocycles. The predicted molar refractivity (Wildman–Crippen MR) is 117 cm³/mol. The zero-order valence-electron chi connectivity index (χ0n) is 15.4. The molecule has 0 amide bonds. The molecule has 0 aliphatic heterocycles. The first-order valence-corrected chi connectivity index (χ1v) is 10.1. The standard InChI is InChI=1S/C26H20OS/c27-20-21-16-18-25(19-17-21)28-26(22-10-4-1-5-11-22,23-12-6-2-7-13-23)24-14-8-3-9-15-24/h1-20H. The van der Waals surface area contributed by atoms with Crippen molar-refractivity contribution in [2.75, 3.05) is 0 Å². The van der Waals surface area contributed by atoms with Crippen molar-refractivity contribution in [1.82, 2.24) is 0 Å². The quantitative estimate of drug-likeness (QED) is 0.213. The van der Waals surface area contributed by atoms with Crippen LogP contribution in [0.3, 0.4) is 0 Å². The van der Waals surface area contributed by atoms with E-state index in [-0.39, 0.29) is 0 Å². The Morgan fingerprint density at radius 1 is 0.536 bits per heavy atom. The van der Waals surface area contributed by atoms with Crippen molar-refractivity contribution in [3.63, 3.8) is 0 Å². The Labute approximate surface area is 170 Å². The highest BCUT2D eigenvalue weighted by atomic mass is 32.2. The lowest BCUT2D eigenvalue weighted by molar-refractivity contribution is 0.112. The van der Waals surface area contributed by atoms with Crippen molar-refractivity contribution >= 4 is 18.0 Å². The molecule has 4 rings (SSSR count). The topological polar surface area (TPSA) is 17.1 Å². The molecule has 4 aromatic rings. The summed E-state index contributed by atoms with van der Waals surface area (Å²) >= 11 is 1.80. The normalized spacial score (nSPS) is 11.1. The van der Waals surface area contributed by atoms with Crippen LogP contribution in [-0.2, 0) is 4.75 Å². The van der Waals surface area contributed by atoms with Crippen LogP contribution in [0.25, 0.3) is 0 Å². The SMILES string of the molecule is O=Cc1ccc(SC(c2ccccc2)(c2ccccc2)c2ccccc2)cc1. The average Bonchev–Trinajstić information content (AvgIpc) is 2.80. The van der Waals surface area contributed by atoms with Crippen molar-refractivity contribution < 1.29 is 4.79 Å². The Bertz CT molecular complexity index is 929. The molecule has 0 spiro atoms. The van der Waals surface area contributed by atoms with Gasteiger partial charge in [-0.25, -0.2) is 0 Å². The minimum absolute atomic E-state index is 0.396. The van der Waals surface area contributed by atoms with E-state index >= 15 is 0 Å². The number of aldehydes is 1. The lowest BCUT2D eigenvalue weighted by Crippen LogP contribution is -2.25. The fraction of sp³-hybridized carbons (Fsp3) is 0.0385. The molecule has 1 nitrogen and oxygen atoms in total. The summed E-state index contributed by atoms with van der Waals surface area (Å²) < 4.78 is -0.396. The molecule has 0 unspecified atom stereocenters. The third kappa shape index (κ3) is 3.51. The smallest absolute Gasteiger partial charge is 0.150 e. The molecule has 0 saturated carbocycles. The van der Waals surface area contributed by atoms with Crippen molar-refractivity contribution in [2.24, 2.45) is 0 Å². The Morgan fingerprint density at radius 3 is 1.29 bits per heavy atom. The first-order valence-electron chi connectivity index (χ1n) is 9.24. The van der Waals surface area contributed by atoms with Crippen LogP contribution < -0.4 is 0 Å². The maximum Gasteiger partial charge on any atom is 0.150 e.